The Labute approximate surface area is 177 Å². The molecule has 2 aliphatic heterocycles. The molecule has 0 unspecified atom stereocenters. The summed E-state index contributed by atoms with van der Waals surface area (Å²) in [5.74, 6) is 2.79. The third-order valence-electron chi connectivity index (χ3n) is 4.98. The Morgan fingerprint density at radius 3 is 2.20 bits per heavy atom. The Morgan fingerprint density at radius 1 is 0.633 bits per heavy atom. The van der Waals surface area contributed by atoms with Gasteiger partial charge in [-0.25, -0.2) is 0 Å². The summed E-state index contributed by atoms with van der Waals surface area (Å²) in [5, 5.41) is 1.18. The average molecular weight is 402 g/mol. The first-order valence-electron chi connectivity index (χ1n) is 10.1. The van der Waals surface area contributed by atoms with Gasteiger partial charge < -0.3 is 18.6 Å². The van der Waals surface area contributed by atoms with Crippen molar-refractivity contribution in [2.45, 2.75) is 27.2 Å². The molecule has 2 aliphatic rings. The number of fused-ring (bicyclic) bond motifs is 3. The van der Waals surface area contributed by atoms with Crippen molar-refractivity contribution in [2.75, 3.05) is 13.4 Å². The Balaban J connectivity index is 0.000000109. The van der Waals surface area contributed by atoms with E-state index >= 15 is 0 Å². The summed E-state index contributed by atoms with van der Waals surface area (Å²) in [4.78, 5) is 0. The van der Waals surface area contributed by atoms with Gasteiger partial charge in [0.2, 0.25) is 6.79 Å². The van der Waals surface area contributed by atoms with E-state index in [-0.39, 0.29) is 0 Å². The van der Waals surface area contributed by atoms with Crippen molar-refractivity contribution in [1.29, 1.82) is 0 Å². The molecule has 0 atom stereocenters. The van der Waals surface area contributed by atoms with Crippen LogP contribution in [0.15, 0.2) is 71.3 Å². The van der Waals surface area contributed by atoms with Crippen molar-refractivity contribution in [3.05, 3.63) is 89.2 Å². The molecule has 3 aromatic carbocycles. The van der Waals surface area contributed by atoms with Crippen LogP contribution in [0.5, 0.6) is 17.2 Å². The SMILES string of the molecule is Cc1ccc2c(c1)CCO2.Cc1ccc2c(c1)OCO2.Cc1ccc2occc2c1. The van der Waals surface area contributed by atoms with Gasteiger partial charge in [-0.05, 0) is 68.3 Å². The van der Waals surface area contributed by atoms with Crippen LogP contribution in [-0.2, 0) is 6.42 Å². The fraction of sp³-hybridized carbons (Fsp3) is 0.231. The summed E-state index contributed by atoms with van der Waals surface area (Å²) in [6.45, 7) is 7.44. The lowest BCUT2D eigenvalue weighted by atomic mass is 10.1. The van der Waals surface area contributed by atoms with Crippen molar-refractivity contribution in [2.24, 2.45) is 0 Å². The van der Waals surface area contributed by atoms with Crippen LogP contribution in [0.25, 0.3) is 11.0 Å². The van der Waals surface area contributed by atoms with Crippen LogP contribution in [0.1, 0.15) is 22.3 Å². The first kappa shape index (κ1) is 19.9. The van der Waals surface area contributed by atoms with Crippen molar-refractivity contribution < 1.29 is 18.6 Å². The first-order valence-corrected chi connectivity index (χ1v) is 10.1. The zero-order chi connectivity index (χ0) is 20.9. The minimum Gasteiger partial charge on any atom is -0.493 e. The fourth-order valence-electron chi connectivity index (χ4n) is 3.41. The summed E-state index contributed by atoms with van der Waals surface area (Å²) in [7, 11) is 0. The Bertz CT molecular complexity index is 1090. The molecular formula is C26H26O4. The molecule has 0 radical (unpaired) electrons. The number of furan rings is 1. The van der Waals surface area contributed by atoms with E-state index in [1.807, 2.05) is 43.3 Å². The Hall–Kier alpha value is -3.40. The molecule has 6 rings (SSSR count). The third kappa shape index (κ3) is 4.77. The zero-order valence-electron chi connectivity index (χ0n) is 17.6. The summed E-state index contributed by atoms with van der Waals surface area (Å²) >= 11 is 0. The quantitative estimate of drug-likeness (QED) is 0.341. The zero-order valence-corrected chi connectivity index (χ0v) is 17.6. The fourth-order valence-corrected chi connectivity index (χ4v) is 3.41. The van der Waals surface area contributed by atoms with Gasteiger partial charge >= 0.3 is 0 Å². The van der Waals surface area contributed by atoms with Gasteiger partial charge in [0, 0.05) is 11.8 Å². The second-order valence-corrected chi connectivity index (χ2v) is 7.53. The van der Waals surface area contributed by atoms with Gasteiger partial charge in [0.15, 0.2) is 11.5 Å². The van der Waals surface area contributed by atoms with Crippen LogP contribution < -0.4 is 14.2 Å². The van der Waals surface area contributed by atoms with Gasteiger partial charge in [-0.3, -0.25) is 0 Å². The van der Waals surface area contributed by atoms with Crippen LogP contribution in [0.4, 0.5) is 0 Å². The molecule has 0 saturated carbocycles. The van der Waals surface area contributed by atoms with Crippen LogP contribution >= 0.6 is 0 Å². The number of benzene rings is 3. The highest BCUT2D eigenvalue weighted by atomic mass is 16.7. The molecule has 0 spiro atoms. The molecule has 0 saturated heterocycles. The molecule has 4 heteroatoms. The van der Waals surface area contributed by atoms with Gasteiger partial charge in [0.1, 0.15) is 11.3 Å². The minimum absolute atomic E-state index is 0.360. The maximum atomic E-state index is 5.35. The lowest BCUT2D eigenvalue weighted by Gasteiger charge is -1.97. The molecule has 1 aromatic heterocycles. The standard InChI is InChI=1S/C9H10O.C9H8O.C8H8O2/c2*1-7-2-3-9-8(6-7)4-5-10-9;1-6-2-3-7-8(4-6)10-5-9-7/h2-3,6H,4-5H2,1H3;2-6H,1H3;2-4H,5H2,1H3. The highest BCUT2D eigenvalue weighted by Gasteiger charge is 2.11. The summed E-state index contributed by atoms with van der Waals surface area (Å²) < 4.78 is 20.8. The predicted molar refractivity (Wildman–Crippen MR) is 119 cm³/mol. The first-order chi connectivity index (χ1) is 14.6. The molecular weight excluding hydrogens is 376 g/mol. The van der Waals surface area contributed by atoms with Gasteiger partial charge in [0.05, 0.1) is 12.9 Å². The number of ether oxygens (including phenoxy) is 3. The lowest BCUT2D eigenvalue weighted by molar-refractivity contribution is 0.174. The van der Waals surface area contributed by atoms with Crippen molar-refractivity contribution in [3.8, 4) is 17.2 Å². The van der Waals surface area contributed by atoms with Crippen molar-refractivity contribution in [1.82, 2.24) is 0 Å². The minimum atomic E-state index is 0.360. The number of hydrogen-bond donors (Lipinski definition) is 0. The second-order valence-electron chi connectivity index (χ2n) is 7.53. The van der Waals surface area contributed by atoms with Gasteiger partial charge in [-0.2, -0.15) is 0 Å². The topological polar surface area (TPSA) is 40.8 Å². The molecule has 4 aromatic rings. The summed E-state index contributed by atoms with van der Waals surface area (Å²) in [5.41, 5.74) is 6.12. The highest BCUT2D eigenvalue weighted by Crippen LogP contribution is 2.32. The largest absolute Gasteiger partial charge is 0.493 e. The predicted octanol–water partition coefficient (Wildman–Crippen LogP) is 6.39. The van der Waals surface area contributed by atoms with Gasteiger partial charge in [0.25, 0.3) is 0 Å². The van der Waals surface area contributed by atoms with E-state index in [9.17, 15) is 0 Å². The molecule has 4 nitrogen and oxygen atoms in total. The molecule has 0 fully saturated rings. The van der Waals surface area contributed by atoms with E-state index in [2.05, 4.69) is 38.1 Å². The molecule has 3 heterocycles. The van der Waals surface area contributed by atoms with E-state index in [4.69, 9.17) is 18.6 Å². The van der Waals surface area contributed by atoms with Crippen LogP contribution in [0.3, 0.4) is 0 Å². The van der Waals surface area contributed by atoms with Crippen LogP contribution in [0, 0.1) is 20.8 Å². The lowest BCUT2D eigenvalue weighted by Crippen LogP contribution is -1.92. The molecule has 0 amide bonds. The highest BCUT2D eigenvalue weighted by molar-refractivity contribution is 5.77. The van der Waals surface area contributed by atoms with Crippen LogP contribution in [-0.4, -0.2) is 13.4 Å². The van der Waals surface area contributed by atoms with Gasteiger partial charge in [-0.1, -0.05) is 35.4 Å². The van der Waals surface area contributed by atoms with Gasteiger partial charge in [-0.15, -0.1) is 0 Å². The maximum absolute atomic E-state index is 5.35. The molecule has 0 N–H and O–H groups in total. The van der Waals surface area contributed by atoms with E-state index in [0.29, 0.717) is 6.79 Å². The number of hydrogen-bond acceptors (Lipinski definition) is 4. The maximum Gasteiger partial charge on any atom is 0.231 e. The normalized spacial score (nSPS) is 12.9. The van der Waals surface area contributed by atoms with E-state index < -0.39 is 0 Å². The Kier molecular flexibility index (Phi) is 5.94. The van der Waals surface area contributed by atoms with E-state index in [0.717, 1.165) is 35.9 Å². The Morgan fingerprint density at radius 2 is 1.33 bits per heavy atom. The third-order valence-corrected chi connectivity index (χ3v) is 4.98. The molecule has 30 heavy (non-hydrogen) atoms. The smallest absolute Gasteiger partial charge is 0.231 e. The average Bonchev–Trinajstić information content (AvgIpc) is 3.48. The molecule has 0 aliphatic carbocycles. The van der Waals surface area contributed by atoms with Crippen molar-refractivity contribution in [3.63, 3.8) is 0 Å². The van der Waals surface area contributed by atoms with Crippen molar-refractivity contribution >= 4 is 11.0 Å². The number of aryl methyl sites for hydroxylation is 3. The van der Waals surface area contributed by atoms with Crippen LogP contribution in [0.2, 0.25) is 0 Å². The summed E-state index contributed by atoms with van der Waals surface area (Å²) in [6.07, 6.45) is 2.79. The molecule has 0 bridgehead atoms. The molecule has 154 valence electrons. The summed E-state index contributed by atoms with van der Waals surface area (Å²) in [6, 6.07) is 20.4. The monoisotopic (exact) mass is 402 g/mol. The second kappa shape index (κ2) is 8.95. The van der Waals surface area contributed by atoms with E-state index in [1.165, 1.54) is 27.6 Å². The van der Waals surface area contributed by atoms with E-state index in [1.54, 1.807) is 6.26 Å². The number of rotatable bonds is 0.